The quantitative estimate of drug-likeness (QED) is 0.644. The summed E-state index contributed by atoms with van der Waals surface area (Å²) < 4.78 is 5.34. The Kier molecular flexibility index (Phi) is 2.12. The summed E-state index contributed by atoms with van der Waals surface area (Å²) in [6.45, 7) is 0. The van der Waals surface area contributed by atoms with Crippen LogP contribution < -0.4 is 0 Å². The summed E-state index contributed by atoms with van der Waals surface area (Å²) in [5.41, 5.74) is 0. The zero-order valence-corrected chi connectivity index (χ0v) is 7.51. The molecule has 2 rings (SSSR count). The number of fused-ring (bicyclic) bond motifs is 2. The Bertz CT molecular complexity index is 151. The van der Waals surface area contributed by atoms with Gasteiger partial charge in [-0.2, -0.15) is 11.8 Å². The average molecular weight is 174 g/mol. The molecular weight excluding hydrogens is 160 g/mol. The van der Waals surface area contributed by atoms with Gasteiger partial charge in [-0.15, -0.1) is 0 Å². The first-order chi connectivity index (χ1) is 5.29. The molecule has 0 amide bonds. The molecule has 0 radical (unpaired) electrons. The number of thioether (sulfide) groups is 1. The van der Waals surface area contributed by atoms with Crippen LogP contribution in [0.2, 0.25) is 0 Å². The molecule has 0 aromatic carbocycles. The third-order valence-corrected chi connectivity index (χ3v) is 4.23. The van der Waals surface area contributed by atoms with E-state index in [-0.39, 0.29) is 6.10 Å². The smallest absolute Gasteiger partial charge is 0.0701 e. The second-order valence-electron chi connectivity index (χ2n) is 3.43. The average Bonchev–Trinajstić information content (AvgIpc) is 2.25. The van der Waals surface area contributed by atoms with E-state index < -0.39 is 0 Å². The molecule has 2 saturated heterocycles. The van der Waals surface area contributed by atoms with Gasteiger partial charge in [-0.25, -0.2) is 0 Å². The molecule has 4 atom stereocenters. The highest BCUT2D eigenvalue weighted by Crippen LogP contribution is 2.44. The Balaban J connectivity index is 2.02. The SMILES string of the molecule is CO[C@@H]1C[C@H]2C[C@@H](O)C[C@@H]1S2. The molecule has 64 valence electrons. The third-order valence-electron chi connectivity index (χ3n) is 2.62. The first kappa shape index (κ1) is 7.90. The molecule has 0 saturated carbocycles. The van der Waals surface area contributed by atoms with Crippen molar-refractivity contribution in [2.24, 2.45) is 0 Å². The van der Waals surface area contributed by atoms with Gasteiger partial charge in [-0.05, 0) is 19.3 Å². The van der Waals surface area contributed by atoms with Gasteiger partial charge in [-0.1, -0.05) is 0 Å². The summed E-state index contributed by atoms with van der Waals surface area (Å²) >= 11 is 2.00. The molecule has 0 spiro atoms. The molecule has 0 aromatic heterocycles. The van der Waals surface area contributed by atoms with Crippen LogP contribution in [0.1, 0.15) is 19.3 Å². The van der Waals surface area contributed by atoms with Crippen molar-refractivity contribution in [1.82, 2.24) is 0 Å². The normalized spacial score (nSPS) is 49.6. The van der Waals surface area contributed by atoms with Crippen molar-refractivity contribution in [3.8, 4) is 0 Å². The molecule has 2 nitrogen and oxygen atoms in total. The topological polar surface area (TPSA) is 29.5 Å². The predicted octanol–water partition coefficient (Wildman–Crippen LogP) is 1.03. The van der Waals surface area contributed by atoms with E-state index in [1.807, 2.05) is 11.8 Å². The lowest BCUT2D eigenvalue weighted by Crippen LogP contribution is -2.25. The van der Waals surface area contributed by atoms with E-state index in [1.54, 1.807) is 7.11 Å². The van der Waals surface area contributed by atoms with Crippen molar-refractivity contribution in [1.29, 1.82) is 0 Å². The Morgan fingerprint density at radius 1 is 1.36 bits per heavy atom. The van der Waals surface area contributed by atoms with Crippen LogP contribution in [-0.4, -0.2) is 34.9 Å². The molecule has 11 heavy (non-hydrogen) atoms. The van der Waals surface area contributed by atoms with Crippen LogP contribution in [-0.2, 0) is 4.74 Å². The monoisotopic (exact) mass is 174 g/mol. The minimum Gasteiger partial charge on any atom is -0.393 e. The van der Waals surface area contributed by atoms with Crippen molar-refractivity contribution >= 4 is 11.8 Å². The van der Waals surface area contributed by atoms with E-state index in [4.69, 9.17) is 4.74 Å². The van der Waals surface area contributed by atoms with Crippen molar-refractivity contribution in [2.75, 3.05) is 7.11 Å². The van der Waals surface area contributed by atoms with Crippen LogP contribution >= 0.6 is 11.8 Å². The molecule has 1 N–H and O–H groups in total. The molecule has 0 unspecified atom stereocenters. The fraction of sp³-hybridized carbons (Fsp3) is 1.00. The van der Waals surface area contributed by atoms with Gasteiger partial charge in [0, 0.05) is 17.6 Å². The van der Waals surface area contributed by atoms with Crippen LogP contribution in [0.4, 0.5) is 0 Å². The molecule has 2 bridgehead atoms. The Morgan fingerprint density at radius 2 is 2.18 bits per heavy atom. The summed E-state index contributed by atoms with van der Waals surface area (Å²) in [4.78, 5) is 0. The highest BCUT2D eigenvalue weighted by Gasteiger charge is 2.41. The van der Waals surface area contributed by atoms with Gasteiger partial charge in [0.05, 0.1) is 12.2 Å². The number of aliphatic hydroxyl groups is 1. The highest BCUT2D eigenvalue weighted by molar-refractivity contribution is 8.00. The van der Waals surface area contributed by atoms with Crippen LogP contribution in [0.5, 0.6) is 0 Å². The summed E-state index contributed by atoms with van der Waals surface area (Å²) in [5, 5.41) is 10.7. The van der Waals surface area contributed by atoms with E-state index >= 15 is 0 Å². The Hall–Kier alpha value is 0.270. The Morgan fingerprint density at radius 3 is 2.91 bits per heavy atom. The van der Waals surface area contributed by atoms with Crippen LogP contribution in [0.25, 0.3) is 0 Å². The largest absolute Gasteiger partial charge is 0.393 e. The van der Waals surface area contributed by atoms with E-state index in [1.165, 1.54) is 0 Å². The second kappa shape index (κ2) is 2.96. The van der Waals surface area contributed by atoms with Gasteiger partial charge in [-0.3, -0.25) is 0 Å². The lowest BCUT2D eigenvalue weighted by Gasteiger charge is -2.24. The zero-order chi connectivity index (χ0) is 7.84. The maximum Gasteiger partial charge on any atom is 0.0701 e. The minimum atomic E-state index is -0.0635. The van der Waals surface area contributed by atoms with Crippen molar-refractivity contribution < 1.29 is 9.84 Å². The van der Waals surface area contributed by atoms with E-state index in [0.29, 0.717) is 16.6 Å². The van der Waals surface area contributed by atoms with Gasteiger partial charge in [0.25, 0.3) is 0 Å². The van der Waals surface area contributed by atoms with Crippen LogP contribution in [0.15, 0.2) is 0 Å². The number of aliphatic hydroxyl groups excluding tert-OH is 1. The first-order valence-corrected chi connectivity index (χ1v) is 5.10. The second-order valence-corrected chi connectivity index (χ2v) is 4.98. The van der Waals surface area contributed by atoms with Crippen molar-refractivity contribution in [3.63, 3.8) is 0 Å². The molecule has 2 aliphatic rings. The fourth-order valence-electron chi connectivity index (χ4n) is 2.08. The van der Waals surface area contributed by atoms with Crippen LogP contribution in [0, 0.1) is 0 Å². The number of ether oxygens (including phenoxy) is 1. The zero-order valence-electron chi connectivity index (χ0n) is 6.69. The van der Waals surface area contributed by atoms with E-state index in [0.717, 1.165) is 19.3 Å². The molecular formula is C8H14O2S. The van der Waals surface area contributed by atoms with Crippen molar-refractivity contribution in [3.05, 3.63) is 0 Å². The number of rotatable bonds is 1. The van der Waals surface area contributed by atoms with Gasteiger partial charge in [0.15, 0.2) is 0 Å². The first-order valence-electron chi connectivity index (χ1n) is 4.16. The molecule has 0 aromatic rings. The summed E-state index contributed by atoms with van der Waals surface area (Å²) in [7, 11) is 1.78. The molecule has 2 aliphatic heterocycles. The third kappa shape index (κ3) is 1.42. The van der Waals surface area contributed by atoms with Crippen LogP contribution in [0.3, 0.4) is 0 Å². The number of hydrogen-bond acceptors (Lipinski definition) is 3. The maximum absolute atomic E-state index is 9.43. The lowest BCUT2D eigenvalue weighted by atomic mass is 10.1. The Labute approximate surface area is 71.3 Å². The predicted molar refractivity (Wildman–Crippen MR) is 45.8 cm³/mol. The lowest BCUT2D eigenvalue weighted by molar-refractivity contribution is 0.0939. The summed E-state index contributed by atoms with van der Waals surface area (Å²) in [6.07, 6.45) is 3.39. The fourth-order valence-corrected chi connectivity index (χ4v) is 3.94. The van der Waals surface area contributed by atoms with Gasteiger partial charge < -0.3 is 9.84 Å². The standard InChI is InChI=1S/C8H14O2S/c1-10-7-4-6-2-5(9)3-8(7)11-6/h5-9H,2-4H2,1H3/t5-,6-,7-,8+/m1/s1. The summed E-state index contributed by atoms with van der Waals surface area (Å²) in [6, 6.07) is 0. The molecule has 2 heterocycles. The maximum atomic E-state index is 9.43. The van der Waals surface area contributed by atoms with E-state index in [2.05, 4.69) is 0 Å². The highest BCUT2D eigenvalue weighted by atomic mass is 32.2. The summed E-state index contributed by atoms with van der Waals surface area (Å²) in [5.74, 6) is 0. The van der Waals surface area contributed by atoms with Crippen molar-refractivity contribution in [2.45, 2.75) is 42.0 Å². The van der Waals surface area contributed by atoms with Gasteiger partial charge >= 0.3 is 0 Å². The number of methoxy groups -OCH3 is 1. The van der Waals surface area contributed by atoms with Gasteiger partial charge in [0.2, 0.25) is 0 Å². The molecule has 3 heteroatoms. The van der Waals surface area contributed by atoms with Gasteiger partial charge in [0.1, 0.15) is 0 Å². The molecule has 0 aliphatic carbocycles. The number of hydrogen-bond donors (Lipinski definition) is 1. The minimum absolute atomic E-state index is 0.0635. The molecule has 2 fully saturated rings. The van der Waals surface area contributed by atoms with E-state index in [9.17, 15) is 5.11 Å².